The van der Waals surface area contributed by atoms with Crippen molar-refractivity contribution in [1.82, 2.24) is 14.9 Å². The maximum atomic E-state index is 12.8. The Morgan fingerprint density at radius 2 is 2.09 bits per heavy atom. The number of nitrogens with zero attached hydrogens (tertiary/aromatic N) is 5. The number of amides is 1. The number of alkyl halides is 3. The molecule has 1 aliphatic rings. The molecule has 0 spiro atoms. The van der Waals surface area contributed by atoms with E-state index in [0.717, 1.165) is 37.8 Å². The molecule has 1 fully saturated rings. The van der Waals surface area contributed by atoms with Gasteiger partial charge in [0.2, 0.25) is 5.91 Å². The van der Waals surface area contributed by atoms with Gasteiger partial charge in [-0.05, 0) is 55.4 Å². The van der Waals surface area contributed by atoms with Crippen molar-refractivity contribution in [2.75, 3.05) is 31.6 Å². The van der Waals surface area contributed by atoms with Gasteiger partial charge >= 0.3 is 6.18 Å². The highest BCUT2D eigenvalue weighted by atomic mass is 19.4. The van der Waals surface area contributed by atoms with Crippen LogP contribution in [0.25, 0.3) is 0 Å². The molecule has 2 aromatic rings. The molecule has 184 valence electrons. The van der Waals surface area contributed by atoms with Gasteiger partial charge in [0.05, 0.1) is 6.34 Å². The van der Waals surface area contributed by atoms with E-state index < -0.39 is 12.6 Å². The second-order valence-corrected chi connectivity index (χ2v) is 8.53. The van der Waals surface area contributed by atoms with Crippen LogP contribution in [-0.4, -0.2) is 60.0 Å². The maximum absolute atomic E-state index is 12.8. The van der Waals surface area contributed by atoms with Crippen LogP contribution in [0.3, 0.4) is 0 Å². The van der Waals surface area contributed by atoms with Crippen LogP contribution < -0.4 is 10.6 Å². The number of anilines is 1. The van der Waals surface area contributed by atoms with Gasteiger partial charge in [0, 0.05) is 51.4 Å². The van der Waals surface area contributed by atoms with E-state index in [1.54, 1.807) is 18.3 Å². The van der Waals surface area contributed by atoms with Crippen LogP contribution in [-0.2, 0) is 17.6 Å². The number of rotatable bonds is 11. The Balaban J connectivity index is 1.42. The van der Waals surface area contributed by atoms with Crippen molar-refractivity contribution in [2.24, 2.45) is 16.6 Å². The third-order valence-electron chi connectivity index (χ3n) is 6.07. The summed E-state index contributed by atoms with van der Waals surface area (Å²) in [5, 5.41) is 0. The highest BCUT2D eigenvalue weighted by Gasteiger charge is 2.31. The van der Waals surface area contributed by atoms with Crippen molar-refractivity contribution in [3.05, 3.63) is 47.8 Å². The van der Waals surface area contributed by atoms with Crippen molar-refractivity contribution in [1.29, 1.82) is 0 Å². The summed E-state index contributed by atoms with van der Waals surface area (Å²) in [5.74, 6) is 1.49. The minimum Gasteiger partial charge on any atom is -0.390 e. The third kappa shape index (κ3) is 7.43. The lowest BCUT2D eigenvalue weighted by Gasteiger charge is -2.23. The lowest BCUT2D eigenvalue weighted by molar-refractivity contribution is -0.134. The zero-order chi connectivity index (χ0) is 24.6. The first-order valence-electron chi connectivity index (χ1n) is 11.5. The van der Waals surface area contributed by atoms with E-state index in [0.29, 0.717) is 30.3 Å². The second-order valence-electron chi connectivity index (χ2n) is 8.53. The topological polar surface area (TPSA) is 87.7 Å². The number of nitrogens with two attached hydrogens (primary N) is 1. The van der Waals surface area contributed by atoms with Crippen molar-refractivity contribution < 1.29 is 18.0 Å². The number of pyridine rings is 2. The Labute approximate surface area is 197 Å². The lowest BCUT2D eigenvalue weighted by Crippen LogP contribution is -2.35. The molecule has 3 heterocycles. The van der Waals surface area contributed by atoms with Crippen LogP contribution in [0, 0.1) is 5.92 Å². The van der Waals surface area contributed by atoms with Gasteiger partial charge in [0.1, 0.15) is 5.82 Å². The van der Waals surface area contributed by atoms with E-state index in [-0.39, 0.29) is 18.2 Å². The summed E-state index contributed by atoms with van der Waals surface area (Å²) in [6.45, 7) is 1.92. The Bertz CT molecular complexity index is 964. The number of likely N-dealkylation sites (tertiary alicyclic amines) is 1. The molecule has 1 saturated heterocycles. The van der Waals surface area contributed by atoms with Gasteiger partial charge in [-0.25, -0.2) is 15.0 Å². The molecule has 0 aliphatic carbocycles. The van der Waals surface area contributed by atoms with Gasteiger partial charge in [-0.1, -0.05) is 12.1 Å². The van der Waals surface area contributed by atoms with Crippen LogP contribution in [0.1, 0.15) is 36.8 Å². The second kappa shape index (κ2) is 11.8. The number of carbonyl (C=O) groups excluding carboxylic acids is 1. The van der Waals surface area contributed by atoms with E-state index in [1.807, 2.05) is 29.0 Å². The molecular formula is C24H31F3N6O. The average Bonchev–Trinajstić information content (AvgIpc) is 3.16. The molecule has 0 saturated carbocycles. The molecule has 7 nitrogen and oxygen atoms in total. The molecule has 0 unspecified atom stereocenters. The summed E-state index contributed by atoms with van der Waals surface area (Å²) in [4.78, 5) is 29.2. The van der Waals surface area contributed by atoms with E-state index in [1.165, 1.54) is 12.5 Å². The lowest BCUT2D eigenvalue weighted by atomic mass is 9.98. The zero-order valence-electron chi connectivity index (χ0n) is 19.3. The Morgan fingerprint density at radius 1 is 1.26 bits per heavy atom. The smallest absolute Gasteiger partial charge is 0.389 e. The van der Waals surface area contributed by atoms with Crippen LogP contribution in [0.2, 0.25) is 0 Å². The molecule has 2 aromatic heterocycles. The molecule has 10 heteroatoms. The van der Waals surface area contributed by atoms with Crippen molar-refractivity contribution in [3.8, 4) is 0 Å². The molecule has 2 N–H and O–H groups in total. The summed E-state index contributed by atoms with van der Waals surface area (Å²) in [6.07, 6.45) is 2.61. The molecule has 0 bridgehead atoms. The van der Waals surface area contributed by atoms with E-state index >= 15 is 0 Å². The summed E-state index contributed by atoms with van der Waals surface area (Å²) in [5.41, 5.74) is 6.96. The minimum atomic E-state index is -4.17. The molecule has 34 heavy (non-hydrogen) atoms. The molecule has 1 atom stereocenters. The highest BCUT2D eigenvalue weighted by Crippen LogP contribution is 2.25. The zero-order valence-corrected chi connectivity index (χ0v) is 19.3. The fraction of sp³-hybridized carbons (Fsp3) is 0.500. The first kappa shape index (κ1) is 25.5. The van der Waals surface area contributed by atoms with Gasteiger partial charge in [-0.2, -0.15) is 13.2 Å². The van der Waals surface area contributed by atoms with Gasteiger partial charge in [-0.3, -0.25) is 4.79 Å². The first-order valence-corrected chi connectivity index (χ1v) is 11.5. The predicted octanol–water partition coefficient (Wildman–Crippen LogP) is 3.90. The standard InChI is InChI=1S/C24H31F3N6O/c1-32(21-8-7-18(16-30-21)9-11-24(25,26)27)14-15-33-13-10-20(23(33)34)5-2-4-19-6-3-12-29-22(19)31-17-28/h3,6-8,12,16-17,20H,2,4-5,9-11,13-15H2,1H3,(H2,28,29,31)/t20-/m0/s1. The summed E-state index contributed by atoms with van der Waals surface area (Å²) in [7, 11) is 1.87. The summed E-state index contributed by atoms with van der Waals surface area (Å²) in [6, 6.07) is 7.25. The number of aryl methyl sites for hydroxylation is 2. The number of carbonyl (C=O) groups is 1. The van der Waals surface area contributed by atoms with E-state index in [2.05, 4.69) is 15.0 Å². The van der Waals surface area contributed by atoms with Crippen molar-refractivity contribution >= 4 is 23.9 Å². The molecular weight excluding hydrogens is 445 g/mol. The number of hydrogen-bond donors (Lipinski definition) is 1. The van der Waals surface area contributed by atoms with Crippen LogP contribution >= 0.6 is 0 Å². The van der Waals surface area contributed by atoms with Gasteiger partial charge in [-0.15, -0.1) is 0 Å². The fourth-order valence-electron chi connectivity index (χ4n) is 4.11. The van der Waals surface area contributed by atoms with Crippen LogP contribution in [0.15, 0.2) is 41.7 Å². The van der Waals surface area contributed by atoms with Crippen molar-refractivity contribution in [2.45, 2.75) is 44.7 Å². The minimum absolute atomic E-state index is 0.0227. The molecule has 1 aliphatic heterocycles. The SMILES string of the molecule is CN(CCN1CC[C@H](CCCc2cccnc2/N=C\N)C1=O)c1ccc(CCC(F)(F)F)cn1. The predicted molar refractivity (Wildman–Crippen MR) is 126 cm³/mol. The average molecular weight is 477 g/mol. The monoisotopic (exact) mass is 476 g/mol. The Hall–Kier alpha value is -3.17. The van der Waals surface area contributed by atoms with Gasteiger partial charge < -0.3 is 15.5 Å². The normalized spacial score (nSPS) is 16.5. The number of likely N-dealkylation sites (N-methyl/N-ethyl adjacent to an activating group) is 1. The summed E-state index contributed by atoms with van der Waals surface area (Å²) >= 11 is 0. The molecule has 0 radical (unpaired) electrons. The van der Waals surface area contributed by atoms with Crippen LogP contribution in [0.5, 0.6) is 0 Å². The van der Waals surface area contributed by atoms with Gasteiger partial charge in [0.25, 0.3) is 0 Å². The molecule has 0 aromatic carbocycles. The third-order valence-corrected chi connectivity index (χ3v) is 6.07. The highest BCUT2D eigenvalue weighted by molar-refractivity contribution is 5.80. The van der Waals surface area contributed by atoms with Crippen LogP contribution in [0.4, 0.5) is 24.8 Å². The number of aliphatic imine (C=N–C) groups is 1. The molecule has 1 amide bonds. The quantitative estimate of drug-likeness (QED) is 0.393. The number of hydrogen-bond acceptors (Lipinski definition) is 5. The first-order chi connectivity index (χ1) is 16.3. The molecule has 3 rings (SSSR count). The largest absolute Gasteiger partial charge is 0.390 e. The maximum Gasteiger partial charge on any atom is 0.389 e. The van der Waals surface area contributed by atoms with E-state index in [4.69, 9.17) is 5.73 Å². The van der Waals surface area contributed by atoms with E-state index in [9.17, 15) is 18.0 Å². The number of aromatic nitrogens is 2. The Kier molecular flexibility index (Phi) is 8.84. The number of halogens is 3. The Morgan fingerprint density at radius 3 is 2.79 bits per heavy atom. The fourth-order valence-corrected chi connectivity index (χ4v) is 4.11. The van der Waals surface area contributed by atoms with Gasteiger partial charge in [0.15, 0.2) is 5.82 Å². The van der Waals surface area contributed by atoms with Crippen molar-refractivity contribution in [3.63, 3.8) is 0 Å². The summed E-state index contributed by atoms with van der Waals surface area (Å²) < 4.78 is 37.1.